The molecule has 0 saturated heterocycles. The SMILES string of the molecule is O=C(O)c1cccc(OC(=O)c2c[n+](Cc3ccccc3)ccn2)c1. The molecule has 0 amide bonds. The molecule has 1 heterocycles. The van der Waals surface area contributed by atoms with E-state index in [0.717, 1.165) is 5.56 Å². The molecule has 6 heteroatoms. The van der Waals surface area contributed by atoms with Crippen molar-refractivity contribution in [3.63, 3.8) is 0 Å². The Bertz CT molecular complexity index is 910. The molecule has 2 aromatic carbocycles. The van der Waals surface area contributed by atoms with Crippen LogP contribution in [0.1, 0.15) is 26.4 Å². The lowest BCUT2D eigenvalue weighted by molar-refractivity contribution is -0.689. The van der Waals surface area contributed by atoms with Gasteiger partial charge in [-0.15, -0.1) is 0 Å². The molecule has 0 radical (unpaired) electrons. The van der Waals surface area contributed by atoms with Crippen molar-refractivity contribution in [1.82, 2.24) is 4.98 Å². The summed E-state index contributed by atoms with van der Waals surface area (Å²) in [5.74, 6) is -1.58. The van der Waals surface area contributed by atoms with Crippen LogP contribution in [0, 0.1) is 0 Å². The first-order chi connectivity index (χ1) is 12.1. The second-order valence-corrected chi connectivity index (χ2v) is 5.32. The number of aromatic nitrogens is 2. The summed E-state index contributed by atoms with van der Waals surface area (Å²) in [7, 11) is 0. The summed E-state index contributed by atoms with van der Waals surface area (Å²) in [4.78, 5) is 27.2. The van der Waals surface area contributed by atoms with Gasteiger partial charge in [-0.1, -0.05) is 36.4 Å². The predicted octanol–water partition coefficient (Wildman–Crippen LogP) is 2.33. The van der Waals surface area contributed by atoms with Crippen molar-refractivity contribution in [3.8, 4) is 5.75 Å². The van der Waals surface area contributed by atoms with E-state index in [4.69, 9.17) is 9.84 Å². The van der Waals surface area contributed by atoms with Gasteiger partial charge in [0.1, 0.15) is 5.75 Å². The van der Waals surface area contributed by atoms with E-state index in [-0.39, 0.29) is 17.0 Å². The number of carboxylic acids is 1. The van der Waals surface area contributed by atoms with Gasteiger partial charge in [0.25, 0.3) is 0 Å². The highest BCUT2D eigenvalue weighted by Crippen LogP contribution is 2.14. The van der Waals surface area contributed by atoms with Crippen LogP contribution in [0.5, 0.6) is 5.75 Å². The topological polar surface area (TPSA) is 80.4 Å². The van der Waals surface area contributed by atoms with Crippen LogP contribution in [-0.4, -0.2) is 22.0 Å². The van der Waals surface area contributed by atoms with Crippen molar-refractivity contribution < 1.29 is 24.0 Å². The Labute approximate surface area is 144 Å². The number of carboxylic acid groups (broad SMARTS) is 1. The van der Waals surface area contributed by atoms with E-state index in [1.165, 1.54) is 30.5 Å². The quantitative estimate of drug-likeness (QED) is 0.440. The average Bonchev–Trinajstić information content (AvgIpc) is 2.63. The van der Waals surface area contributed by atoms with Crippen molar-refractivity contribution in [2.45, 2.75) is 6.54 Å². The van der Waals surface area contributed by atoms with Gasteiger partial charge >= 0.3 is 11.9 Å². The number of benzene rings is 2. The zero-order valence-corrected chi connectivity index (χ0v) is 13.2. The van der Waals surface area contributed by atoms with E-state index in [9.17, 15) is 9.59 Å². The highest BCUT2D eigenvalue weighted by Gasteiger charge is 2.16. The summed E-state index contributed by atoms with van der Waals surface area (Å²) in [6, 6.07) is 15.6. The van der Waals surface area contributed by atoms with E-state index in [1.54, 1.807) is 12.4 Å². The fraction of sp³-hybridized carbons (Fsp3) is 0.0526. The van der Waals surface area contributed by atoms with Crippen molar-refractivity contribution in [1.29, 1.82) is 0 Å². The third-order valence-corrected chi connectivity index (χ3v) is 3.47. The molecule has 0 saturated carbocycles. The first-order valence-electron chi connectivity index (χ1n) is 7.56. The summed E-state index contributed by atoms with van der Waals surface area (Å²) in [6.07, 6.45) is 4.87. The lowest BCUT2D eigenvalue weighted by atomic mass is 10.2. The summed E-state index contributed by atoms with van der Waals surface area (Å²) in [5, 5.41) is 8.98. The van der Waals surface area contributed by atoms with Gasteiger partial charge in [-0.2, -0.15) is 4.57 Å². The van der Waals surface area contributed by atoms with E-state index in [1.807, 2.05) is 34.9 Å². The van der Waals surface area contributed by atoms with Crippen LogP contribution in [0.4, 0.5) is 0 Å². The maximum atomic E-state index is 12.3. The number of carbonyl (C=O) groups is 2. The third-order valence-electron chi connectivity index (χ3n) is 3.47. The molecule has 3 rings (SSSR count). The van der Waals surface area contributed by atoms with Crippen molar-refractivity contribution >= 4 is 11.9 Å². The Kier molecular flexibility index (Phi) is 4.80. The average molecular weight is 335 g/mol. The molecule has 0 bridgehead atoms. The van der Waals surface area contributed by atoms with Crippen LogP contribution in [0.3, 0.4) is 0 Å². The molecule has 25 heavy (non-hydrogen) atoms. The minimum atomic E-state index is -1.09. The second kappa shape index (κ2) is 7.35. The van der Waals surface area contributed by atoms with E-state index >= 15 is 0 Å². The van der Waals surface area contributed by atoms with Crippen LogP contribution in [0.25, 0.3) is 0 Å². The molecule has 0 spiro atoms. The molecule has 124 valence electrons. The number of hydrogen-bond donors (Lipinski definition) is 1. The maximum absolute atomic E-state index is 12.3. The summed E-state index contributed by atoms with van der Waals surface area (Å²) in [5.41, 5.74) is 1.27. The molecular weight excluding hydrogens is 320 g/mol. The van der Waals surface area contributed by atoms with Crippen LogP contribution in [-0.2, 0) is 6.54 Å². The van der Waals surface area contributed by atoms with Crippen LogP contribution < -0.4 is 9.30 Å². The summed E-state index contributed by atoms with van der Waals surface area (Å²) < 4.78 is 7.04. The summed E-state index contributed by atoms with van der Waals surface area (Å²) in [6.45, 7) is 0.595. The molecule has 0 aliphatic rings. The lowest BCUT2D eigenvalue weighted by Gasteiger charge is -2.04. The van der Waals surface area contributed by atoms with Crippen LogP contribution in [0.15, 0.2) is 73.2 Å². The number of carbonyl (C=O) groups excluding carboxylic acids is 1. The fourth-order valence-electron chi connectivity index (χ4n) is 2.28. The standard InChI is InChI=1S/C19H14N2O4/c22-18(23)15-7-4-8-16(11-15)25-19(24)17-13-21(10-9-20-17)12-14-5-2-1-3-6-14/h1-11,13H,12H2/p+1. The fourth-order valence-corrected chi connectivity index (χ4v) is 2.28. The number of hydrogen-bond acceptors (Lipinski definition) is 4. The first kappa shape index (κ1) is 16.3. The minimum Gasteiger partial charge on any atom is -0.478 e. The second-order valence-electron chi connectivity index (χ2n) is 5.32. The highest BCUT2D eigenvalue weighted by atomic mass is 16.5. The van der Waals surface area contributed by atoms with Gasteiger partial charge < -0.3 is 9.84 Å². The molecular formula is C19H15N2O4+. The Morgan fingerprint density at radius 1 is 1.08 bits per heavy atom. The van der Waals surface area contributed by atoms with Gasteiger partial charge in [0.15, 0.2) is 12.7 Å². The Hall–Kier alpha value is -3.54. The molecule has 0 atom stereocenters. The molecule has 0 aliphatic carbocycles. The van der Waals surface area contributed by atoms with Crippen molar-refractivity contribution in [2.75, 3.05) is 0 Å². The minimum absolute atomic E-state index is 0.0467. The van der Waals surface area contributed by atoms with Crippen LogP contribution in [0.2, 0.25) is 0 Å². The van der Waals surface area contributed by atoms with Gasteiger partial charge in [0.05, 0.1) is 11.8 Å². The Balaban J connectivity index is 1.75. The molecule has 0 unspecified atom stereocenters. The Morgan fingerprint density at radius 3 is 2.64 bits per heavy atom. The van der Waals surface area contributed by atoms with E-state index in [2.05, 4.69) is 4.98 Å². The third kappa shape index (κ3) is 4.26. The number of aromatic carboxylic acids is 1. The first-order valence-corrected chi connectivity index (χ1v) is 7.56. The Morgan fingerprint density at radius 2 is 1.88 bits per heavy atom. The lowest BCUT2D eigenvalue weighted by Crippen LogP contribution is -2.35. The van der Waals surface area contributed by atoms with E-state index in [0.29, 0.717) is 6.54 Å². The number of esters is 1. The molecule has 1 aromatic heterocycles. The normalized spacial score (nSPS) is 10.2. The molecule has 3 aromatic rings. The predicted molar refractivity (Wildman–Crippen MR) is 88.3 cm³/mol. The monoisotopic (exact) mass is 335 g/mol. The number of ether oxygens (including phenoxy) is 1. The van der Waals surface area contributed by atoms with Gasteiger partial charge in [0, 0.05) is 5.56 Å². The summed E-state index contributed by atoms with van der Waals surface area (Å²) >= 11 is 0. The van der Waals surface area contributed by atoms with E-state index < -0.39 is 11.9 Å². The van der Waals surface area contributed by atoms with Gasteiger partial charge in [-0.05, 0) is 18.2 Å². The smallest absolute Gasteiger partial charge is 0.368 e. The number of nitrogens with zero attached hydrogens (tertiary/aromatic N) is 2. The van der Waals surface area contributed by atoms with Gasteiger partial charge in [-0.3, -0.25) is 0 Å². The molecule has 0 aliphatic heterocycles. The molecule has 1 N–H and O–H groups in total. The maximum Gasteiger partial charge on any atom is 0.368 e. The molecule has 0 fully saturated rings. The molecule has 6 nitrogen and oxygen atoms in total. The van der Waals surface area contributed by atoms with Gasteiger partial charge in [-0.25, -0.2) is 14.6 Å². The van der Waals surface area contributed by atoms with Crippen LogP contribution >= 0.6 is 0 Å². The van der Waals surface area contributed by atoms with Crippen molar-refractivity contribution in [2.24, 2.45) is 0 Å². The number of rotatable bonds is 5. The van der Waals surface area contributed by atoms with Gasteiger partial charge in [0.2, 0.25) is 11.9 Å². The zero-order valence-electron chi connectivity index (χ0n) is 13.2. The largest absolute Gasteiger partial charge is 0.478 e. The zero-order chi connectivity index (χ0) is 17.6. The van der Waals surface area contributed by atoms with Crippen molar-refractivity contribution in [3.05, 3.63) is 90.0 Å². The highest BCUT2D eigenvalue weighted by molar-refractivity contribution is 5.90.